The van der Waals surface area contributed by atoms with Gasteiger partial charge < -0.3 is 9.47 Å². The summed E-state index contributed by atoms with van der Waals surface area (Å²) >= 11 is 0. The summed E-state index contributed by atoms with van der Waals surface area (Å²) in [5, 5.41) is -0.684. The topological polar surface area (TPSA) is 55.8 Å². The van der Waals surface area contributed by atoms with Gasteiger partial charge in [0.05, 0.1) is 0 Å². The molecule has 0 bridgehead atoms. The van der Waals surface area contributed by atoms with Crippen LogP contribution in [0.3, 0.4) is 0 Å². The molecule has 6 heteroatoms. The summed E-state index contributed by atoms with van der Waals surface area (Å²) in [6, 6.07) is 0. The first-order valence-electron chi connectivity index (χ1n) is 4.84. The molecule has 0 saturated heterocycles. The van der Waals surface area contributed by atoms with Crippen LogP contribution < -0.4 is 0 Å². The van der Waals surface area contributed by atoms with Crippen molar-refractivity contribution in [3.63, 3.8) is 0 Å². The van der Waals surface area contributed by atoms with Crippen LogP contribution in [0.4, 0.5) is 14.1 Å². The monoisotopic (exact) mass is 235 g/mol. The Kier molecular flexibility index (Phi) is 4.28. The van der Waals surface area contributed by atoms with Crippen LogP contribution in [0.1, 0.15) is 41.5 Å². The smallest absolute Gasteiger partial charge is 0.442 e. The van der Waals surface area contributed by atoms with E-state index in [9.17, 15) is 14.1 Å². The molecule has 0 aliphatic heterocycles. The first-order chi connectivity index (χ1) is 6.92. The third-order valence-corrected chi connectivity index (χ3v) is 1.11. The van der Waals surface area contributed by atoms with E-state index in [-0.39, 0.29) is 0 Å². The molecule has 5 nitrogen and oxygen atoms in total. The highest BCUT2D eigenvalue weighted by Gasteiger charge is 2.31. The second-order valence-corrected chi connectivity index (χ2v) is 5.24. The highest BCUT2D eigenvalue weighted by Crippen LogP contribution is 2.14. The Morgan fingerprint density at radius 2 is 1.12 bits per heavy atom. The summed E-state index contributed by atoms with van der Waals surface area (Å²) < 4.78 is 22.4. The predicted octanol–water partition coefficient (Wildman–Crippen LogP) is 3.04. The molecule has 0 fully saturated rings. The van der Waals surface area contributed by atoms with E-state index in [1.54, 1.807) is 41.5 Å². The van der Waals surface area contributed by atoms with Crippen molar-refractivity contribution in [3.8, 4) is 0 Å². The lowest BCUT2D eigenvalue weighted by Gasteiger charge is -2.23. The van der Waals surface area contributed by atoms with Crippen molar-refractivity contribution in [3.05, 3.63) is 0 Å². The normalized spacial score (nSPS) is 11.9. The predicted molar refractivity (Wildman–Crippen MR) is 55.4 cm³/mol. The summed E-state index contributed by atoms with van der Waals surface area (Å²) in [6.07, 6.45) is -2.77. The minimum atomic E-state index is -1.39. The molecule has 0 radical (unpaired) electrons. The molecule has 0 aromatic rings. The van der Waals surface area contributed by atoms with Gasteiger partial charge in [-0.25, -0.2) is 9.59 Å². The van der Waals surface area contributed by atoms with Crippen molar-refractivity contribution in [2.45, 2.75) is 52.7 Å². The number of ether oxygens (including phenoxy) is 2. The Labute approximate surface area is 94.4 Å². The molecule has 0 atom stereocenters. The Morgan fingerprint density at radius 1 is 0.875 bits per heavy atom. The van der Waals surface area contributed by atoms with Crippen molar-refractivity contribution in [2.24, 2.45) is 0 Å². The van der Waals surface area contributed by atoms with Gasteiger partial charge in [-0.1, -0.05) is 4.48 Å². The van der Waals surface area contributed by atoms with Gasteiger partial charge in [0.15, 0.2) is 0 Å². The molecule has 0 spiro atoms. The summed E-state index contributed by atoms with van der Waals surface area (Å²) in [5.41, 5.74) is -1.74. The lowest BCUT2D eigenvalue weighted by Crippen LogP contribution is -2.38. The Balaban J connectivity index is 4.40. The number of carbonyl (C=O) groups is 2. The van der Waals surface area contributed by atoms with Gasteiger partial charge in [0, 0.05) is 0 Å². The van der Waals surface area contributed by atoms with Gasteiger partial charge in [-0.05, 0) is 46.7 Å². The summed E-state index contributed by atoms with van der Waals surface area (Å²) in [6.45, 7) is 9.38. The Morgan fingerprint density at radius 3 is 1.31 bits per heavy atom. The molecule has 0 unspecified atom stereocenters. The zero-order valence-electron chi connectivity index (χ0n) is 10.5. The molecule has 0 N–H and O–H groups in total. The second-order valence-electron chi connectivity index (χ2n) is 5.24. The molecule has 0 aromatic heterocycles. The van der Waals surface area contributed by atoms with Crippen LogP contribution in [-0.4, -0.2) is 28.5 Å². The highest BCUT2D eigenvalue weighted by molar-refractivity contribution is 5.86. The molecule has 0 aromatic carbocycles. The van der Waals surface area contributed by atoms with E-state index in [4.69, 9.17) is 0 Å². The van der Waals surface area contributed by atoms with Gasteiger partial charge in [0.2, 0.25) is 0 Å². The molecule has 0 rings (SSSR count). The first kappa shape index (κ1) is 14.7. The van der Waals surface area contributed by atoms with E-state index in [0.717, 1.165) is 0 Å². The fourth-order valence-electron chi connectivity index (χ4n) is 0.679. The second kappa shape index (κ2) is 4.67. The number of imide groups is 1. The Hall–Kier alpha value is -1.33. The van der Waals surface area contributed by atoms with Gasteiger partial charge in [-0.3, -0.25) is 0 Å². The molecule has 0 aliphatic rings. The summed E-state index contributed by atoms with van der Waals surface area (Å²) in [5.74, 6) is 0. The van der Waals surface area contributed by atoms with Crippen LogP contribution in [-0.2, 0) is 9.47 Å². The zero-order chi connectivity index (χ0) is 13.1. The van der Waals surface area contributed by atoms with Crippen LogP contribution in [0, 0.1) is 0 Å². The average Bonchev–Trinajstić information content (AvgIpc) is 1.96. The highest BCUT2D eigenvalue weighted by atomic mass is 19.2. The molecular weight excluding hydrogens is 217 g/mol. The van der Waals surface area contributed by atoms with E-state index in [1.165, 1.54) is 0 Å². The summed E-state index contributed by atoms with van der Waals surface area (Å²) in [7, 11) is 0. The Bertz CT molecular complexity index is 250. The number of carbonyl (C=O) groups excluding carboxylic acids is 2. The molecule has 94 valence electrons. The first-order valence-corrected chi connectivity index (χ1v) is 4.84. The van der Waals surface area contributed by atoms with E-state index in [2.05, 4.69) is 9.47 Å². The van der Waals surface area contributed by atoms with Crippen LogP contribution in [0.2, 0.25) is 0 Å². The fourth-order valence-corrected chi connectivity index (χ4v) is 0.679. The van der Waals surface area contributed by atoms with Crippen LogP contribution in [0.25, 0.3) is 0 Å². The van der Waals surface area contributed by atoms with Gasteiger partial charge in [-0.2, -0.15) is 0 Å². The van der Waals surface area contributed by atoms with E-state index >= 15 is 0 Å². The van der Waals surface area contributed by atoms with E-state index in [1.807, 2.05) is 0 Å². The van der Waals surface area contributed by atoms with E-state index < -0.39 is 28.5 Å². The lowest BCUT2D eigenvalue weighted by molar-refractivity contribution is -0.0467. The van der Waals surface area contributed by atoms with Crippen molar-refractivity contribution in [1.82, 2.24) is 5.12 Å². The van der Waals surface area contributed by atoms with Crippen LogP contribution in [0.5, 0.6) is 0 Å². The zero-order valence-corrected chi connectivity index (χ0v) is 10.5. The van der Waals surface area contributed by atoms with Crippen molar-refractivity contribution in [2.75, 3.05) is 0 Å². The SMILES string of the molecule is CC(C)(C)OC(=O)N(F)C(=O)OC(C)(C)C. The van der Waals surface area contributed by atoms with Gasteiger partial charge in [0.25, 0.3) is 0 Å². The number of hydrogen-bond donors (Lipinski definition) is 0. The average molecular weight is 235 g/mol. The standard InChI is InChI=1S/C10H18FNO4/c1-9(2,3)15-7(13)12(11)8(14)16-10(4,5)6/h1-6H3. The molecule has 0 aliphatic carbocycles. The quantitative estimate of drug-likeness (QED) is 0.605. The third-order valence-electron chi connectivity index (χ3n) is 1.11. The number of rotatable bonds is 0. The number of hydrogen-bond acceptors (Lipinski definition) is 4. The van der Waals surface area contributed by atoms with Gasteiger partial charge in [-0.15, -0.1) is 0 Å². The largest absolute Gasteiger partial charge is 0.449 e. The van der Waals surface area contributed by atoms with Crippen LogP contribution in [0.15, 0.2) is 0 Å². The maximum atomic E-state index is 13.1. The van der Waals surface area contributed by atoms with Crippen molar-refractivity contribution >= 4 is 12.2 Å². The maximum absolute atomic E-state index is 13.1. The molecule has 2 amide bonds. The minimum absolute atomic E-state index is 0.684. The van der Waals surface area contributed by atoms with Crippen LogP contribution >= 0.6 is 0 Å². The maximum Gasteiger partial charge on any atom is 0.449 e. The van der Waals surface area contributed by atoms with Gasteiger partial charge in [0.1, 0.15) is 11.2 Å². The van der Waals surface area contributed by atoms with Crippen molar-refractivity contribution < 1.29 is 23.5 Å². The summed E-state index contributed by atoms with van der Waals surface area (Å²) in [4.78, 5) is 22.2. The lowest BCUT2D eigenvalue weighted by atomic mass is 10.2. The number of nitrogens with zero attached hydrogens (tertiary/aromatic N) is 1. The fraction of sp³-hybridized carbons (Fsp3) is 0.800. The van der Waals surface area contributed by atoms with Crippen molar-refractivity contribution in [1.29, 1.82) is 0 Å². The number of halogens is 1. The number of amides is 2. The third kappa shape index (κ3) is 6.21. The molecular formula is C10H18FNO4. The van der Waals surface area contributed by atoms with Gasteiger partial charge >= 0.3 is 12.2 Å². The van der Waals surface area contributed by atoms with E-state index in [0.29, 0.717) is 0 Å². The molecule has 0 heterocycles. The molecule has 0 saturated carbocycles. The molecule has 16 heavy (non-hydrogen) atoms. The minimum Gasteiger partial charge on any atom is -0.442 e.